The van der Waals surface area contributed by atoms with Gasteiger partial charge in [-0.25, -0.2) is 4.98 Å². The zero-order valence-electron chi connectivity index (χ0n) is 9.81. The third-order valence-electron chi connectivity index (χ3n) is 2.30. The molecule has 2 N–H and O–H groups in total. The second-order valence-corrected chi connectivity index (χ2v) is 4.06. The van der Waals surface area contributed by atoms with Crippen LogP contribution in [0.25, 0.3) is 10.9 Å². The average Bonchev–Trinajstić information content (AvgIpc) is 2.28. The molecule has 0 bridgehead atoms. The number of carbonyl (C=O) groups excluding carboxylic acids is 1. The Hall–Kier alpha value is -2.10. The van der Waals surface area contributed by atoms with E-state index in [1.807, 2.05) is 38.1 Å². The maximum Gasteiger partial charge on any atom is 0.267 e. The van der Waals surface area contributed by atoms with Crippen molar-refractivity contribution in [2.45, 2.75) is 20.0 Å². The number of pyridine rings is 1. The van der Waals surface area contributed by atoms with Crippen molar-refractivity contribution >= 4 is 16.8 Å². The number of aromatic nitrogens is 1. The fraction of sp³-hybridized carbons (Fsp3) is 0.231. The molecule has 4 nitrogen and oxygen atoms in total. The van der Waals surface area contributed by atoms with E-state index in [4.69, 9.17) is 10.5 Å². The van der Waals surface area contributed by atoms with Crippen LogP contribution >= 0.6 is 0 Å². The van der Waals surface area contributed by atoms with Crippen molar-refractivity contribution in [3.05, 3.63) is 36.0 Å². The second-order valence-electron chi connectivity index (χ2n) is 4.06. The summed E-state index contributed by atoms with van der Waals surface area (Å²) in [5.41, 5.74) is 6.13. The van der Waals surface area contributed by atoms with E-state index in [1.54, 1.807) is 6.07 Å². The predicted octanol–water partition coefficient (Wildman–Crippen LogP) is 2.12. The molecule has 2 rings (SSSR count). The van der Waals surface area contributed by atoms with Crippen LogP contribution in [0.4, 0.5) is 0 Å². The van der Waals surface area contributed by atoms with E-state index in [9.17, 15) is 4.79 Å². The van der Waals surface area contributed by atoms with Gasteiger partial charge in [-0.2, -0.15) is 0 Å². The zero-order chi connectivity index (χ0) is 12.4. The molecule has 2 aromatic rings. The first-order valence-electron chi connectivity index (χ1n) is 5.44. The molecule has 1 heterocycles. The van der Waals surface area contributed by atoms with Crippen LogP contribution in [0.5, 0.6) is 5.75 Å². The standard InChI is InChI=1S/C13H14N2O2/c1-8(2)17-11-5-3-4-9-6-7-10(13(14)16)15-12(9)11/h3-8H,1-2H3,(H2,14,16). The highest BCUT2D eigenvalue weighted by Crippen LogP contribution is 2.24. The van der Waals surface area contributed by atoms with Gasteiger partial charge < -0.3 is 10.5 Å². The maximum atomic E-state index is 11.1. The Morgan fingerprint density at radius 2 is 2.06 bits per heavy atom. The van der Waals surface area contributed by atoms with E-state index < -0.39 is 5.91 Å². The summed E-state index contributed by atoms with van der Waals surface area (Å²) in [4.78, 5) is 15.3. The van der Waals surface area contributed by atoms with E-state index in [-0.39, 0.29) is 11.8 Å². The summed E-state index contributed by atoms with van der Waals surface area (Å²) in [6.07, 6.45) is 0.0552. The van der Waals surface area contributed by atoms with Crippen LogP contribution in [0.2, 0.25) is 0 Å². The van der Waals surface area contributed by atoms with Crippen molar-refractivity contribution in [2.24, 2.45) is 5.73 Å². The first kappa shape index (κ1) is 11.4. The molecule has 88 valence electrons. The largest absolute Gasteiger partial charge is 0.489 e. The van der Waals surface area contributed by atoms with Crippen LogP contribution in [-0.2, 0) is 0 Å². The minimum atomic E-state index is -0.536. The number of rotatable bonds is 3. The van der Waals surface area contributed by atoms with Crippen molar-refractivity contribution in [1.82, 2.24) is 4.98 Å². The minimum Gasteiger partial charge on any atom is -0.489 e. The summed E-state index contributed by atoms with van der Waals surface area (Å²) < 4.78 is 5.65. The maximum absolute atomic E-state index is 11.1. The van der Waals surface area contributed by atoms with Crippen LogP contribution in [0.15, 0.2) is 30.3 Å². The zero-order valence-corrected chi connectivity index (χ0v) is 9.81. The first-order valence-corrected chi connectivity index (χ1v) is 5.44. The molecular weight excluding hydrogens is 216 g/mol. The summed E-state index contributed by atoms with van der Waals surface area (Å²) in [6.45, 7) is 3.88. The highest BCUT2D eigenvalue weighted by molar-refractivity contribution is 5.94. The number of nitrogens with two attached hydrogens (primary N) is 1. The predicted molar refractivity (Wildman–Crippen MR) is 66.0 cm³/mol. The molecule has 4 heteroatoms. The van der Waals surface area contributed by atoms with Gasteiger partial charge >= 0.3 is 0 Å². The molecule has 0 saturated carbocycles. The molecular formula is C13H14N2O2. The molecule has 1 aromatic carbocycles. The van der Waals surface area contributed by atoms with Gasteiger partial charge in [-0.15, -0.1) is 0 Å². The third-order valence-corrected chi connectivity index (χ3v) is 2.30. The molecule has 0 aliphatic rings. The van der Waals surface area contributed by atoms with Crippen LogP contribution in [-0.4, -0.2) is 17.0 Å². The lowest BCUT2D eigenvalue weighted by atomic mass is 10.2. The Labute approximate surface area is 99.4 Å². The van der Waals surface area contributed by atoms with Gasteiger partial charge in [0.1, 0.15) is 17.0 Å². The Bertz CT molecular complexity index is 564. The van der Waals surface area contributed by atoms with E-state index in [1.165, 1.54) is 0 Å². The molecule has 0 unspecified atom stereocenters. The van der Waals surface area contributed by atoms with Gasteiger partial charge in [0.25, 0.3) is 5.91 Å². The molecule has 0 aliphatic carbocycles. The van der Waals surface area contributed by atoms with Crippen LogP contribution in [0, 0.1) is 0 Å². The first-order chi connectivity index (χ1) is 8.08. The van der Waals surface area contributed by atoms with Crippen LogP contribution in [0.3, 0.4) is 0 Å². The molecule has 1 aromatic heterocycles. The Balaban J connectivity index is 2.59. The molecule has 0 fully saturated rings. The van der Waals surface area contributed by atoms with E-state index in [2.05, 4.69) is 4.98 Å². The van der Waals surface area contributed by atoms with Crippen molar-refractivity contribution in [3.63, 3.8) is 0 Å². The number of ether oxygens (including phenoxy) is 1. The highest BCUT2D eigenvalue weighted by Gasteiger charge is 2.08. The number of carbonyl (C=O) groups is 1. The lowest BCUT2D eigenvalue weighted by molar-refractivity contribution is 0.0996. The van der Waals surface area contributed by atoms with Gasteiger partial charge in [0.2, 0.25) is 0 Å². The van der Waals surface area contributed by atoms with Crippen molar-refractivity contribution < 1.29 is 9.53 Å². The molecule has 0 radical (unpaired) electrons. The Morgan fingerprint density at radius 1 is 1.29 bits per heavy atom. The smallest absolute Gasteiger partial charge is 0.267 e. The quantitative estimate of drug-likeness (QED) is 0.878. The van der Waals surface area contributed by atoms with Gasteiger partial charge in [-0.05, 0) is 26.0 Å². The summed E-state index contributed by atoms with van der Waals surface area (Å²) in [5, 5.41) is 0.924. The van der Waals surface area contributed by atoms with Gasteiger partial charge in [0.15, 0.2) is 0 Å². The number of hydrogen-bond donors (Lipinski definition) is 1. The highest BCUT2D eigenvalue weighted by atomic mass is 16.5. The molecule has 1 amide bonds. The number of nitrogens with zero attached hydrogens (tertiary/aromatic N) is 1. The Kier molecular flexibility index (Phi) is 2.95. The minimum absolute atomic E-state index is 0.0552. The number of primary amides is 1. The normalized spacial score (nSPS) is 10.8. The number of benzene rings is 1. The lowest BCUT2D eigenvalue weighted by Crippen LogP contribution is -2.13. The second kappa shape index (κ2) is 4.41. The summed E-state index contributed by atoms with van der Waals surface area (Å²) >= 11 is 0. The summed E-state index contributed by atoms with van der Waals surface area (Å²) in [6, 6.07) is 9.07. The van der Waals surface area contributed by atoms with E-state index in [0.717, 1.165) is 5.39 Å². The number of amides is 1. The van der Waals surface area contributed by atoms with Gasteiger partial charge in [-0.3, -0.25) is 4.79 Å². The fourth-order valence-electron chi connectivity index (χ4n) is 1.61. The summed E-state index contributed by atoms with van der Waals surface area (Å²) in [7, 11) is 0. The van der Waals surface area contributed by atoms with E-state index >= 15 is 0 Å². The van der Waals surface area contributed by atoms with Gasteiger partial charge in [0.05, 0.1) is 6.10 Å². The monoisotopic (exact) mass is 230 g/mol. The third kappa shape index (κ3) is 2.36. The molecule has 17 heavy (non-hydrogen) atoms. The molecule has 0 aliphatic heterocycles. The SMILES string of the molecule is CC(C)Oc1cccc2ccc(C(N)=O)nc12. The summed E-state index contributed by atoms with van der Waals surface area (Å²) in [5.74, 6) is 0.131. The molecule has 0 spiro atoms. The number of para-hydroxylation sites is 1. The van der Waals surface area contributed by atoms with E-state index in [0.29, 0.717) is 11.3 Å². The fourth-order valence-corrected chi connectivity index (χ4v) is 1.61. The Morgan fingerprint density at radius 3 is 2.71 bits per heavy atom. The molecule has 0 atom stereocenters. The average molecular weight is 230 g/mol. The van der Waals surface area contributed by atoms with Crippen molar-refractivity contribution in [3.8, 4) is 5.75 Å². The van der Waals surface area contributed by atoms with Gasteiger partial charge in [0, 0.05) is 5.39 Å². The van der Waals surface area contributed by atoms with Gasteiger partial charge in [-0.1, -0.05) is 18.2 Å². The molecule has 0 saturated heterocycles. The topological polar surface area (TPSA) is 65.2 Å². The van der Waals surface area contributed by atoms with Crippen LogP contribution < -0.4 is 10.5 Å². The number of fused-ring (bicyclic) bond motifs is 1. The number of hydrogen-bond acceptors (Lipinski definition) is 3. The van der Waals surface area contributed by atoms with Crippen LogP contribution in [0.1, 0.15) is 24.3 Å². The van der Waals surface area contributed by atoms with Crippen molar-refractivity contribution in [2.75, 3.05) is 0 Å². The van der Waals surface area contributed by atoms with Crippen molar-refractivity contribution in [1.29, 1.82) is 0 Å². The lowest BCUT2D eigenvalue weighted by Gasteiger charge is -2.11.